The van der Waals surface area contributed by atoms with E-state index in [1.54, 1.807) is 6.07 Å². The van der Waals surface area contributed by atoms with E-state index in [0.29, 0.717) is 5.75 Å². The van der Waals surface area contributed by atoms with Crippen molar-refractivity contribution in [3.63, 3.8) is 0 Å². The van der Waals surface area contributed by atoms with E-state index in [4.69, 9.17) is 0 Å². The van der Waals surface area contributed by atoms with Crippen LogP contribution in [0.5, 0.6) is 5.75 Å². The van der Waals surface area contributed by atoms with Crippen molar-refractivity contribution in [2.45, 2.75) is 44.9 Å². The van der Waals surface area contributed by atoms with Gasteiger partial charge in [0.2, 0.25) is 0 Å². The van der Waals surface area contributed by atoms with Gasteiger partial charge in [-0.15, -0.1) is 0 Å². The molecule has 1 heteroatoms. The highest BCUT2D eigenvalue weighted by Gasteiger charge is 2.21. The molecule has 1 fully saturated rings. The minimum absolute atomic E-state index is 0.351. The van der Waals surface area contributed by atoms with Crippen LogP contribution < -0.4 is 0 Å². The first-order chi connectivity index (χ1) is 9.26. The summed E-state index contributed by atoms with van der Waals surface area (Å²) >= 11 is 0. The summed E-state index contributed by atoms with van der Waals surface area (Å²) in [5.74, 6) is 2.04. The first kappa shape index (κ1) is 12.5. The Labute approximate surface area is 115 Å². The van der Waals surface area contributed by atoms with Gasteiger partial charge in [0.25, 0.3) is 0 Å². The van der Waals surface area contributed by atoms with Crippen LogP contribution in [0.2, 0.25) is 0 Å². The molecule has 1 saturated carbocycles. The number of phenolic OH excluding ortho intramolecular Hbond substituents is 1. The molecule has 1 N–H and O–H groups in total. The van der Waals surface area contributed by atoms with Gasteiger partial charge in [-0.1, -0.05) is 37.6 Å². The second-order valence-corrected chi connectivity index (χ2v) is 5.92. The maximum Gasteiger partial charge on any atom is 0.116 e. The zero-order valence-electron chi connectivity index (χ0n) is 11.6. The fraction of sp³-hybridized carbons (Fsp3) is 0.444. The number of rotatable bonds is 2. The third-order valence-corrected chi connectivity index (χ3v) is 4.74. The number of hydrogen-bond donors (Lipinski definition) is 1. The van der Waals surface area contributed by atoms with Crippen molar-refractivity contribution < 1.29 is 5.11 Å². The molecule has 1 aliphatic carbocycles. The molecule has 0 atom stereocenters. The third kappa shape index (κ3) is 2.60. The van der Waals surface area contributed by atoms with Gasteiger partial charge in [-0.2, -0.15) is 0 Å². The molecule has 0 aliphatic heterocycles. The fourth-order valence-electron chi connectivity index (χ4n) is 3.41. The molecule has 0 saturated heterocycles. The number of aromatic hydroxyl groups is 1. The van der Waals surface area contributed by atoms with E-state index < -0.39 is 0 Å². The standard InChI is InChI=1S/C18H22O/c1-2-13-3-5-14(6-4-13)15-7-8-17-12-18(19)10-9-16(17)11-15/h7-14,19H,2-6H2,1H3. The predicted molar refractivity (Wildman–Crippen MR) is 80.6 cm³/mol. The van der Waals surface area contributed by atoms with Crippen molar-refractivity contribution in [2.24, 2.45) is 5.92 Å². The van der Waals surface area contributed by atoms with Gasteiger partial charge in [-0.3, -0.25) is 0 Å². The van der Waals surface area contributed by atoms with Crippen molar-refractivity contribution in [1.29, 1.82) is 0 Å². The molecule has 19 heavy (non-hydrogen) atoms. The van der Waals surface area contributed by atoms with Gasteiger partial charge in [0.05, 0.1) is 0 Å². The van der Waals surface area contributed by atoms with E-state index in [-0.39, 0.29) is 0 Å². The van der Waals surface area contributed by atoms with E-state index in [9.17, 15) is 5.11 Å². The highest BCUT2D eigenvalue weighted by molar-refractivity contribution is 5.84. The van der Waals surface area contributed by atoms with Crippen LogP contribution in [0.25, 0.3) is 10.8 Å². The monoisotopic (exact) mass is 254 g/mol. The summed E-state index contributed by atoms with van der Waals surface area (Å²) in [6.07, 6.45) is 6.78. The lowest BCUT2D eigenvalue weighted by Gasteiger charge is -2.28. The maximum atomic E-state index is 9.50. The highest BCUT2D eigenvalue weighted by Crippen LogP contribution is 2.37. The van der Waals surface area contributed by atoms with Crippen LogP contribution >= 0.6 is 0 Å². The van der Waals surface area contributed by atoms with Crippen LogP contribution in [0.4, 0.5) is 0 Å². The second-order valence-electron chi connectivity index (χ2n) is 5.92. The molecule has 100 valence electrons. The molecule has 0 amide bonds. The Bertz CT molecular complexity index is 565. The molecule has 0 aromatic heterocycles. The number of benzene rings is 2. The SMILES string of the molecule is CCC1CCC(c2ccc3cc(O)ccc3c2)CC1. The highest BCUT2D eigenvalue weighted by atomic mass is 16.3. The molecule has 1 nitrogen and oxygen atoms in total. The van der Waals surface area contributed by atoms with Gasteiger partial charge >= 0.3 is 0 Å². The molecule has 2 aromatic carbocycles. The van der Waals surface area contributed by atoms with Gasteiger partial charge in [0.15, 0.2) is 0 Å². The molecular formula is C18H22O. The van der Waals surface area contributed by atoms with Crippen molar-refractivity contribution in [3.05, 3.63) is 42.0 Å². The van der Waals surface area contributed by atoms with Crippen molar-refractivity contribution >= 4 is 10.8 Å². The molecule has 0 bridgehead atoms. The molecule has 0 spiro atoms. The Balaban J connectivity index is 1.84. The van der Waals surface area contributed by atoms with E-state index in [1.807, 2.05) is 12.1 Å². The van der Waals surface area contributed by atoms with Gasteiger partial charge in [-0.25, -0.2) is 0 Å². The minimum Gasteiger partial charge on any atom is -0.508 e. The Kier molecular flexibility index (Phi) is 3.46. The molecule has 0 unspecified atom stereocenters. The fourth-order valence-corrected chi connectivity index (χ4v) is 3.41. The summed E-state index contributed by atoms with van der Waals surface area (Å²) < 4.78 is 0. The van der Waals surface area contributed by atoms with Crippen LogP contribution in [0.3, 0.4) is 0 Å². The van der Waals surface area contributed by atoms with Crippen molar-refractivity contribution in [2.75, 3.05) is 0 Å². The van der Waals surface area contributed by atoms with Crippen LogP contribution in [-0.2, 0) is 0 Å². The predicted octanol–water partition coefficient (Wildman–Crippen LogP) is 5.23. The average Bonchev–Trinajstić information content (AvgIpc) is 2.47. The van der Waals surface area contributed by atoms with Crippen LogP contribution in [0.15, 0.2) is 36.4 Å². The smallest absolute Gasteiger partial charge is 0.116 e. The molecule has 1 aliphatic rings. The van der Waals surface area contributed by atoms with E-state index >= 15 is 0 Å². The summed E-state index contributed by atoms with van der Waals surface area (Å²) in [6, 6.07) is 12.3. The van der Waals surface area contributed by atoms with Gasteiger partial charge in [-0.05, 0) is 66.0 Å². The molecular weight excluding hydrogens is 232 g/mol. The lowest BCUT2D eigenvalue weighted by molar-refractivity contribution is 0.319. The molecule has 0 heterocycles. The normalized spacial score (nSPS) is 23.6. The summed E-state index contributed by atoms with van der Waals surface area (Å²) in [6.45, 7) is 2.31. The first-order valence-corrected chi connectivity index (χ1v) is 7.49. The summed E-state index contributed by atoms with van der Waals surface area (Å²) in [5, 5.41) is 11.9. The van der Waals surface area contributed by atoms with Gasteiger partial charge in [0.1, 0.15) is 5.75 Å². The zero-order valence-corrected chi connectivity index (χ0v) is 11.6. The number of hydrogen-bond acceptors (Lipinski definition) is 1. The van der Waals surface area contributed by atoms with E-state index in [0.717, 1.165) is 17.2 Å². The zero-order chi connectivity index (χ0) is 13.2. The minimum atomic E-state index is 0.351. The van der Waals surface area contributed by atoms with Crippen LogP contribution in [-0.4, -0.2) is 5.11 Å². The van der Waals surface area contributed by atoms with Gasteiger partial charge in [0, 0.05) is 0 Å². The number of fused-ring (bicyclic) bond motifs is 1. The van der Waals surface area contributed by atoms with Gasteiger partial charge < -0.3 is 5.11 Å². The summed E-state index contributed by atoms with van der Waals surface area (Å²) in [7, 11) is 0. The summed E-state index contributed by atoms with van der Waals surface area (Å²) in [5.41, 5.74) is 1.48. The quantitative estimate of drug-likeness (QED) is 0.778. The van der Waals surface area contributed by atoms with E-state index in [2.05, 4.69) is 25.1 Å². The molecule has 0 radical (unpaired) electrons. The lowest BCUT2D eigenvalue weighted by atomic mass is 9.77. The Hall–Kier alpha value is -1.50. The maximum absolute atomic E-state index is 9.50. The number of phenols is 1. The molecule has 2 aromatic rings. The van der Waals surface area contributed by atoms with Crippen LogP contribution in [0.1, 0.15) is 50.5 Å². The molecule has 3 rings (SSSR count). The Morgan fingerprint density at radius 1 is 0.947 bits per heavy atom. The second kappa shape index (κ2) is 5.24. The Morgan fingerprint density at radius 3 is 2.37 bits per heavy atom. The Morgan fingerprint density at radius 2 is 1.63 bits per heavy atom. The average molecular weight is 254 g/mol. The summed E-state index contributed by atoms with van der Waals surface area (Å²) in [4.78, 5) is 0. The van der Waals surface area contributed by atoms with Crippen molar-refractivity contribution in [1.82, 2.24) is 0 Å². The van der Waals surface area contributed by atoms with Crippen LogP contribution in [0, 0.1) is 5.92 Å². The first-order valence-electron chi connectivity index (χ1n) is 7.49. The third-order valence-electron chi connectivity index (χ3n) is 4.74. The largest absolute Gasteiger partial charge is 0.508 e. The topological polar surface area (TPSA) is 20.2 Å². The van der Waals surface area contributed by atoms with Crippen molar-refractivity contribution in [3.8, 4) is 5.75 Å². The lowest BCUT2D eigenvalue weighted by Crippen LogP contribution is -2.12. The van der Waals surface area contributed by atoms with E-state index in [1.165, 1.54) is 43.1 Å².